The lowest BCUT2D eigenvalue weighted by molar-refractivity contribution is 0.0997. The number of nitrogens with one attached hydrogen (secondary N) is 1. The maximum atomic E-state index is 12.2. The average Bonchev–Trinajstić information content (AvgIpc) is 2.99. The first-order chi connectivity index (χ1) is 11.0. The summed E-state index contributed by atoms with van der Waals surface area (Å²) in [4.78, 5) is 12.2. The Bertz CT molecular complexity index is 854. The minimum absolute atomic E-state index is 0.214. The number of furan rings is 1. The highest BCUT2D eigenvalue weighted by Crippen LogP contribution is 2.31. The Kier molecular flexibility index (Phi) is 4.42. The molecule has 0 saturated carbocycles. The number of hydrogen-bond acceptors (Lipinski definition) is 2. The molecule has 23 heavy (non-hydrogen) atoms. The Morgan fingerprint density at radius 2 is 1.74 bits per heavy atom. The van der Waals surface area contributed by atoms with Gasteiger partial charge in [0.05, 0.1) is 5.02 Å². The molecule has 0 spiro atoms. The largest absolute Gasteiger partial charge is 0.451 e. The lowest BCUT2D eigenvalue weighted by atomic mass is 10.2. The highest BCUT2D eigenvalue weighted by molar-refractivity contribution is 6.36. The van der Waals surface area contributed by atoms with Gasteiger partial charge in [-0.15, -0.1) is 0 Å². The molecule has 3 rings (SSSR count). The van der Waals surface area contributed by atoms with Crippen molar-refractivity contribution >= 4 is 34.8 Å². The number of carbonyl (C=O) groups is 1. The molecule has 0 aliphatic carbocycles. The minimum atomic E-state index is -0.315. The maximum absolute atomic E-state index is 12.2. The van der Waals surface area contributed by atoms with Gasteiger partial charge in [-0.2, -0.15) is 0 Å². The van der Waals surface area contributed by atoms with E-state index >= 15 is 0 Å². The molecule has 116 valence electrons. The van der Waals surface area contributed by atoms with Gasteiger partial charge in [-0.25, -0.2) is 0 Å². The first-order valence-electron chi connectivity index (χ1n) is 6.96. The van der Waals surface area contributed by atoms with Gasteiger partial charge in [-0.3, -0.25) is 4.79 Å². The van der Waals surface area contributed by atoms with E-state index in [4.69, 9.17) is 27.6 Å². The Labute approximate surface area is 143 Å². The van der Waals surface area contributed by atoms with Crippen molar-refractivity contribution in [2.24, 2.45) is 0 Å². The predicted octanol–water partition coefficient (Wildman–Crippen LogP) is 5.81. The highest BCUT2D eigenvalue weighted by Gasteiger charge is 2.14. The second kappa shape index (κ2) is 6.49. The number of hydrogen-bond donors (Lipinski definition) is 1. The van der Waals surface area contributed by atoms with Crippen LogP contribution in [0, 0.1) is 6.92 Å². The zero-order valence-corrected chi connectivity index (χ0v) is 13.8. The molecule has 5 heteroatoms. The first-order valence-corrected chi connectivity index (χ1v) is 7.72. The SMILES string of the molecule is Cc1ccc(NC(=O)c2ccc(-c3ccc(Cl)cc3Cl)o2)cc1. The summed E-state index contributed by atoms with van der Waals surface area (Å²) in [5.41, 5.74) is 2.52. The molecule has 1 aromatic heterocycles. The summed E-state index contributed by atoms with van der Waals surface area (Å²) in [6.07, 6.45) is 0. The molecule has 3 nitrogen and oxygen atoms in total. The third-order valence-electron chi connectivity index (χ3n) is 3.34. The van der Waals surface area contributed by atoms with Gasteiger partial charge in [-0.05, 0) is 49.4 Å². The average molecular weight is 346 g/mol. The van der Waals surface area contributed by atoms with Crippen LogP contribution in [0.1, 0.15) is 16.1 Å². The Morgan fingerprint density at radius 3 is 2.43 bits per heavy atom. The standard InChI is InChI=1S/C18H13Cl2NO2/c1-11-2-5-13(6-3-11)21-18(22)17-9-8-16(23-17)14-7-4-12(19)10-15(14)20/h2-10H,1H3,(H,21,22). The Morgan fingerprint density at radius 1 is 1.00 bits per heavy atom. The monoisotopic (exact) mass is 345 g/mol. The number of rotatable bonds is 3. The van der Waals surface area contributed by atoms with Crippen LogP contribution >= 0.6 is 23.2 Å². The van der Waals surface area contributed by atoms with E-state index in [2.05, 4.69) is 5.32 Å². The topological polar surface area (TPSA) is 42.2 Å². The van der Waals surface area contributed by atoms with Crippen molar-refractivity contribution < 1.29 is 9.21 Å². The van der Waals surface area contributed by atoms with Crippen LogP contribution in [-0.4, -0.2) is 5.91 Å². The number of halogens is 2. The van der Waals surface area contributed by atoms with E-state index in [-0.39, 0.29) is 11.7 Å². The number of amides is 1. The summed E-state index contributed by atoms with van der Waals surface area (Å²) in [6.45, 7) is 1.99. The fourth-order valence-electron chi connectivity index (χ4n) is 2.12. The summed E-state index contributed by atoms with van der Waals surface area (Å²) < 4.78 is 5.61. The van der Waals surface area contributed by atoms with Gasteiger partial charge in [0.25, 0.3) is 5.91 Å². The molecule has 0 radical (unpaired) electrons. The molecule has 0 aliphatic rings. The van der Waals surface area contributed by atoms with E-state index in [1.807, 2.05) is 31.2 Å². The van der Waals surface area contributed by atoms with Crippen LogP contribution in [0.25, 0.3) is 11.3 Å². The van der Waals surface area contributed by atoms with Crippen LogP contribution < -0.4 is 5.32 Å². The zero-order chi connectivity index (χ0) is 16.4. The molecule has 0 fully saturated rings. The van der Waals surface area contributed by atoms with E-state index in [9.17, 15) is 4.79 Å². The van der Waals surface area contributed by atoms with Crippen LogP contribution in [0.2, 0.25) is 10.0 Å². The zero-order valence-electron chi connectivity index (χ0n) is 12.3. The molecular formula is C18H13Cl2NO2. The van der Waals surface area contributed by atoms with E-state index in [0.717, 1.165) is 5.56 Å². The summed E-state index contributed by atoms with van der Waals surface area (Å²) in [5.74, 6) is 0.414. The summed E-state index contributed by atoms with van der Waals surface area (Å²) in [6, 6.07) is 16.0. The van der Waals surface area contributed by atoms with Crippen molar-refractivity contribution in [3.05, 3.63) is 76.0 Å². The van der Waals surface area contributed by atoms with E-state index in [1.165, 1.54) is 0 Å². The van der Waals surface area contributed by atoms with Gasteiger partial charge >= 0.3 is 0 Å². The predicted molar refractivity (Wildman–Crippen MR) is 93.3 cm³/mol. The second-order valence-electron chi connectivity index (χ2n) is 5.11. The molecule has 0 aliphatic heterocycles. The van der Waals surface area contributed by atoms with Gasteiger partial charge in [0, 0.05) is 16.3 Å². The van der Waals surface area contributed by atoms with Crippen molar-refractivity contribution in [1.82, 2.24) is 0 Å². The van der Waals surface area contributed by atoms with Crippen molar-refractivity contribution in [2.75, 3.05) is 5.32 Å². The molecule has 3 aromatic rings. The molecule has 2 aromatic carbocycles. The molecule has 0 atom stereocenters. The number of benzene rings is 2. The van der Waals surface area contributed by atoms with Gasteiger partial charge in [0.15, 0.2) is 5.76 Å². The van der Waals surface area contributed by atoms with Crippen LogP contribution in [0.3, 0.4) is 0 Å². The van der Waals surface area contributed by atoms with E-state index in [1.54, 1.807) is 30.3 Å². The molecule has 0 saturated heterocycles. The van der Waals surface area contributed by atoms with Crippen molar-refractivity contribution in [3.8, 4) is 11.3 Å². The fraction of sp³-hybridized carbons (Fsp3) is 0.0556. The summed E-state index contributed by atoms with van der Waals surface area (Å²) in [5, 5.41) is 3.80. The molecule has 1 amide bonds. The van der Waals surface area contributed by atoms with Crippen LogP contribution in [-0.2, 0) is 0 Å². The van der Waals surface area contributed by atoms with E-state index < -0.39 is 0 Å². The fourth-order valence-corrected chi connectivity index (χ4v) is 2.63. The molecule has 0 unspecified atom stereocenters. The highest BCUT2D eigenvalue weighted by atomic mass is 35.5. The molecule has 1 N–H and O–H groups in total. The lowest BCUT2D eigenvalue weighted by Crippen LogP contribution is -2.10. The first kappa shape index (κ1) is 15.7. The van der Waals surface area contributed by atoms with Crippen LogP contribution in [0.15, 0.2) is 59.0 Å². The molecule has 1 heterocycles. The van der Waals surface area contributed by atoms with Gasteiger partial charge in [0.2, 0.25) is 0 Å². The van der Waals surface area contributed by atoms with Gasteiger partial charge in [-0.1, -0.05) is 40.9 Å². The van der Waals surface area contributed by atoms with E-state index in [0.29, 0.717) is 27.1 Å². The number of aryl methyl sites for hydroxylation is 1. The molecular weight excluding hydrogens is 333 g/mol. The third kappa shape index (κ3) is 3.58. The van der Waals surface area contributed by atoms with Crippen LogP contribution in [0.4, 0.5) is 5.69 Å². The Balaban J connectivity index is 1.81. The van der Waals surface area contributed by atoms with Crippen molar-refractivity contribution in [3.63, 3.8) is 0 Å². The summed E-state index contributed by atoms with van der Waals surface area (Å²) >= 11 is 12.0. The Hall–Kier alpha value is -2.23. The molecule has 0 bridgehead atoms. The maximum Gasteiger partial charge on any atom is 0.291 e. The van der Waals surface area contributed by atoms with Gasteiger partial charge < -0.3 is 9.73 Å². The van der Waals surface area contributed by atoms with Crippen LogP contribution in [0.5, 0.6) is 0 Å². The van der Waals surface area contributed by atoms with Crippen molar-refractivity contribution in [2.45, 2.75) is 6.92 Å². The minimum Gasteiger partial charge on any atom is -0.451 e. The third-order valence-corrected chi connectivity index (χ3v) is 3.88. The van der Waals surface area contributed by atoms with Crippen molar-refractivity contribution in [1.29, 1.82) is 0 Å². The summed E-state index contributed by atoms with van der Waals surface area (Å²) in [7, 11) is 0. The second-order valence-corrected chi connectivity index (χ2v) is 5.95. The lowest BCUT2D eigenvalue weighted by Gasteiger charge is -2.04. The normalized spacial score (nSPS) is 10.6. The smallest absolute Gasteiger partial charge is 0.291 e. The van der Waals surface area contributed by atoms with Gasteiger partial charge in [0.1, 0.15) is 5.76 Å². The number of anilines is 1. The number of carbonyl (C=O) groups excluding carboxylic acids is 1. The quantitative estimate of drug-likeness (QED) is 0.650.